The molecule has 2 aromatic rings. The van der Waals surface area contributed by atoms with Crippen LogP contribution in [0.3, 0.4) is 0 Å². The topological polar surface area (TPSA) is 24.9 Å². The van der Waals surface area contributed by atoms with E-state index < -0.39 is 0 Å². The summed E-state index contributed by atoms with van der Waals surface area (Å²) in [6.07, 6.45) is 1.05. The number of nitrogens with zero attached hydrogens (tertiary/aromatic N) is 1. The van der Waals surface area contributed by atoms with Crippen LogP contribution in [0.4, 0.5) is 0 Å². The van der Waals surface area contributed by atoms with Gasteiger partial charge in [0.15, 0.2) is 0 Å². The third kappa shape index (κ3) is 4.39. The second-order valence-corrected chi connectivity index (χ2v) is 7.42. The lowest BCUT2D eigenvalue weighted by molar-refractivity contribution is 0.581. The first-order valence-electron chi connectivity index (χ1n) is 7.75. The first-order chi connectivity index (χ1) is 9.97. The van der Waals surface area contributed by atoms with Gasteiger partial charge in [0.05, 0.1) is 5.69 Å². The Labute approximate surface area is 132 Å². The molecule has 0 spiro atoms. The number of aromatic nitrogens is 1. The van der Waals surface area contributed by atoms with Crippen LogP contribution in [-0.4, -0.2) is 11.0 Å². The molecular weight excluding hydrogens is 276 g/mol. The minimum absolute atomic E-state index is 0.501. The highest BCUT2D eigenvalue weighted by Gasteiger charge is 2.15. The van der Waals surface area contributed by atoms with Crippen LogP contribution in [0.5, 0.6) is 0 Å². The molecule has 0 saturated heterocycles. The van der Waals surface area contributed by atoms with Gasteiger partial charge in [-0.2, -0.15) is 0 Å². The molecular formula is C18H26N2S. The fourth-order valence-electron chi connectivity index (χ4n) is 2.29. The summed E-state index contributed by atoms with van der Waals surface area (Å²) in [7, 11) is 0. The Morgan fingerprint density at radius 2 is 1.86 bits per heavy atom. The maximum Gasteiger partial charge on any atom is 0.124 e. The van der Waals surface area contributed by atoms with Crippen molar-refractivity contribution in [1.29, 1.82) is 0 Å². The van der Waals surface area contributed by atoms with Crippen molar-refractivity contribution in [2.45, 2.75) is 53.6 Å². The molecule has 0 bridgehead atoms. The normalized spacial score (nSPS) is 11.6. The third-order valence-electron chi connectivity index (χ3n) is 3.43. The van der Waals surface area contributed by atoms with Crippen molar-refractivity contribution >= 4 is 11.3 Å². The van der Waals surface area contributed by atoms with E-state index in [-0.39, 0.29) is 0 Å². The summed E-state index contributed by atoms with van der Waals surface area (Å²) in [6, 6.07) is 9.01. The predicted molar refractivity (Wildman–Crippen MR) is 92.8 cm³/mol. The molecule has 0 aliphatic rings. The Bertz CT molecular complexity index is 585. The van der Waals surface area contributed by atoms with Gasteiger partial charge in [0.2, 0.25) is 0 Å². The minimum Gasteiger partial charge on any atom is -0.310 e. The van der Waals surface area contributed by atoms with Gasteiger partial charge in [-0.05, 0) is 24.8 Å². The van der Waals surface area contributed by atoms with E-state index in [0.29, 0.717) is 12.0 Å². The fraction of sp³-hybridized carbons (Fsp3) is 0.500. The fourth-order valence-corrected chi connectivity index (χ4v) is 3.42. The van der Waals surface area contributed by atoms with Crippen LogP contribution in [0.25, 0.3) is 10.6 Å². The van der Waals surface area contributed by atoms with Crippen molar-refractivity contribution in [2.75, 3.05) is 0 Å². The number of benzene rings is 1. The van der Waals surface area contributed by atoms with Gasteiger partial charge in [0.25, 0.3) is 0 Å². The average Bonchev–Trinajstić information content (AvgIpc) is 2.79. The molecule has 0 amide bonds. The van der Waals surface area contributed by atoms with E-state index in [4.69, 9.17) is 4.98 Å². The highest BCUT2D eigenvalue weighted by Crippen LogP contribution is 2.31. The summed E-state index contributed by atoms with van der Waals surface area (Å²) in [5.74, 6) is 0.634. The van der Waals surface area contributed by atoms with Gasteiger partial charge >= 0.3 is 0 Å². The molecule has 2 nitrogen and oxygen atoms in total. The number of hydrogen-bond acceptors (Lipinski definition) is 3. The highest BCUT2D eigenvalue weighted by atomic mass is 32.1. The number of rotatable bonds is 6. The predicted octanol–water partition coefficient (Wildman–Crippen LogP) is 4.82. The quantitative estimate of drug-likeness (QED) is 0.828. The molecule has 1 N–H and O–H groups in total. The van der Waals surface area contributed by atoms with E-state index in [9.17, 15) is 0 Å². The summed E-state index contributed by atoms with van der Waals surface area (Å²) < 4.78 is 0. The number of nitrogens with one attached hydrogen (secondary N) is 1. The Kier molecular flexibility index (Phi) is 5.54. The van der Waals surface area contributed by atoms with E-state index in [1.165, 1.54) is 21.7 Å². The zero-order valence-corrected chi connectivity index (χ0v) is 14.6. The van der Waals surface area contributed by atoms with Crippen molar-refractivity contribution < 1.29 is 0 Å². The van der Waals surface area contributed by atoms with Crippen LogP contribution in [-0.2, 0) is 13.0 Å². The second kappa shape index (κ2) is 7.19. The van der Waals surface area contributed by atoms with Crippen LogP contribution in [0, 0.1) is 12.8 Å². The third-order valence-corrected chi connectivity index (χ3v) is 4.56. The van der Waals surface area contributed by atoms with Crippen molar-refractivity contribution in [1.82, 2.24) is 10.3 Å². The lowest BCUT2D eigenvalue weighted by Gasteiger charge is -2.08. The Morgan fingerprint density at radius 3 is 2.48 bits per heavy atom. The van der Waals surface area contributed by atoms with Gasteiger partial charge in [0, 0.05) is 23.0 Å². The summed E-state index contributed by atoms with van der Waals surface area (Å²) in [4.78, 5) is 6.32. The number of thiazole rings is 1. The van der Waals surface area contributed by atoms with E-state index in [1.807, 2.05) is 11.3 Å². The Balaban J connectivity index is 2.33. The molecule has 1 heterocycles. The second-order valence-electron chi connectivity index (χ2n) is 6.34. The molecule has 0 saturated carbocycles. The highest BCUT2D eigenvalue weighted by molar-refractivity contribution is 7.15. The molecule has 0 unspecified atom stereocenters. The number of aryl methyl sites for hydroxylation is 1. The smallest absolute Gasteiger partial charge is 0.124 e. The average molecular weight is 302 g/mol. The molecule has 0 radical (unpaired) electrons. The Morgan fingerprint density at radius 1 is 1.14 bits per heavy atom. The summed E-state index contributed by atoms with van der Waals surface area (Å²) in [6.45, 7) is 12.0. The van der Waals surface area contributed by atoms with Gasteiger partial charge in [-0.3, -0.25) is 0 Å². The lowest BCUT2D eigenvalue weighted by atomic mass is 10.1. The summed E-state index contributed by atoms with van der Waals surface area (Å²) in [5.41, 5.74) is 3.83. The van der Waals surface area contributed by atoms with Crippen molar-refractivity contribution in [2.24, 2.45) is 5.92 Å². The largest absolute Gasteiger partial charge is 0.310 e. The first-order valence-corrected chi connectivity index (χ1v) is 8.57. The maximum atomic E-state index is 4.94. The standard InChI is InChI=1S/C18H26N2S/c1-12(2)10-16-17(11-19-13(3)4)21-18(20-16)15-9-7-6-8-14(15)5/h6-9,12-13,19H,10-11H2,1-5H3. The van der Waals surface area contributed by atoms with Crippen molar-refractivity contribution in [3.63, 3.8) is 0 Å². The van der Waals surface area contributed by atoms with Gasteiger partial charge < -0.3 is 5.32 Å². The van der Waals surface area contributed by atoms with E-state index in [1.54, 1.807) is 0 Å². The zero-order valence-electron chi connectivity index (χ0n) is 13.7. The monoisotopic (exact) mass is 302 g/mol. The van der Waals surface area contributed by atoms with Crippen LogP contribution in [0.2, 0.25) is 0 Å². The molecule has 0 aliphatic carbocycles. The van der Waals surface area contributed by atoms with Gasteiger partial charge in [-0.15, -0.1) is 11.3 Å². The molecule has 1 aromatic carbocycles. The van der Waals surface area contributed by atoms with E-state index in [0.717, 1.165) is 18.0 Å². The van der Waals surface area contributed by atoms with Gasteiger partial charge in [-0.25, -0.2) is 4.98 Å². The lowest BCUT2D eigenvalue weighted by Crippen LogP contribution is -2.22. The minimum atomic E-state index is 0.501. The molecule has 21 heavy (non-hydrogen) atoms. The summed E-state index contributed by atoms with van der Waals surface area (Å²) in [5, 5.41) is 4.68. The molecule has 3 heteroatoms. The van der Waals surface area contributed by atoms with Gasteiger partial charge in [0.1, 0.15) is 5.01 Å². The maximum absolute atomic E-state index is 4.94. The molecule has 0 fully saturated rings. The summed E-state index contributed by atoms with van der Waals surface area (Å²) >= 11 is 1.84. The molecule has 114 valence electrons. The number of hydrogen-bond donors (Lipinski definition) is 1. The van der Waals surface area contributed by atoms with Crippen molar-refractivity contribution in [3.8, 4) is 10.6 Å². The SMILES string of the molecule is Cc1ccccc1-c1nc(CC(C)C)c(CNC(C)C)s1. The molecule has 2 rings (SSSR count). The molecule has 0 aliphatic heterocycles. The van der Waals surface area contributed by atoms with Crippen LogP contribution >= 0.6 is 11.3 Å². The van der Waals surface area contributed by atoms with E-state index in [2.05, 4.69) is 64.2 Å². The Hall–Kier alpha value is -1.19. The zero-order chi connectivity index (χ0) is 15.4. The molecule has 1 aromatic heterocycles. The first kappa shape index (κ1) is 16.2. The van der Waals surface area contributed by atoms with E-state index >= 15 is 0 Å². The van der Waals surface area contributed by atoms with Crippen LogP contribution < -0.4 is 5.32 Å². The van der Waals surface area contributed by atoms with Gasteiger partial charge in [-0.1, -0.05) is 52.0 Å². The van der Waals surface area contributed by atoms with Crippen LogP contribution in [0.1, 0.15) is 43.8 Å². The van der Waals surface area contributed by atoms with Crippen LogP contribution in [0.15, 0.2) is 24.3 Å². The van der Waals surface area contributed by atoms with Crippen molar-refractivity contribution in [3.05, 3.63) is 40.4 Å². The molecule has 0 atom stereocenters.